The Morgan fingerprint density at radius 1 is 1.08 bits per heavy atom. The summed E-state index contributed by atoms with van der Waals surface area (Å²) in [6.07, 6.45) is 0.142. The zero-order chi connectivity index (χ0) is 18.6. The van der Waals surface area contributed by atoms with Crippen LogP contribution in [0.1, 0.15) is 49.2 Å². The number of hydrogen-bond donors (Lipinski definition) is 1. The normalized spacial score (nSPS) is 11.1. The van der Waals surface area contributed by atoms with Gasteiger partial charge in [0.15, 0.2) is 5.78 Å². The molecule has 2 aromatic rings. The van der Waals surface area contributed by atoms with Gasteiger partial charge in [0, 0.05) is 16.8 Å². The molecule has 0 spiro atoms. The first-order valence-electron chi connectivity index (χ1n) is 8.29. The fourth-order valence-corrected chi connectivity index (χ4v) is 2.75. The number of anilines is 1. The number of carbonyl (C=O) groups excluding carboxylic acids is 2. The van der Waals surface area contributed by atoms with Gasteiger partial charge in [-0.3, -0.25) is 9.59 Å². The van der Waals surface area contributed by atoms with Gasteiger partial charge in [-0.1, -0.05) is 39.0 Å². The number of rotatable bonds is 5. The van der Waals surface area contributed by atoms with E-state index >= 15 is 0 Å². The Balaban J connectivity index is 2.24. The van der Waals surface area contributed by atoms with E-state index < -0.39 is 0 Å². The maximum Gasteiger partial charge on any atom is 0.228 e. The van der Waals surface area contributed by atoms with Crippen LogP contribution in [-0.4, -0.2) is 18.8 Å². The van der Waals surface area contributed by atoms with Crippen molar-refractivity contribution in [3.05, 3.63) is 59.2 Å². The van der Waals surface area contributed by atoms with Crippen LogP contribution < -0.4 is 10.1 Å². The monoisotopic (exact) mass is 339 g/mol. The molecule has 0 unspecified atom stereocenters. The van der Waals surface area contributed by atoms with Gasteiger partial charge in [0.05, 0.1) is 13.5 Å². The van der Waals surface area contributed by atoms with E-state index in [0.29, 0.717) is 16.9 Å². The number of amides is 1. The van der Waals surface area contributed by atoms with Crippen molar-refractivity contribution in [2.45, 2.75) is 39.5 Å². The number of Topliss-reactive ketones (excluding diaryl/α,β-unsaturated/α-hetero) is 1. The van der Waals surface area contributed by atoms with Gasteiger partial charge >= 0.3 is 0 Å². The molecular weight excluding hydrogens is 314 g/mol. The molecule has 0 radical (unpaired) electrons. The molecule has 1 N–H and O–H groups in total. The van der Waals surface area contributed by atoms with Crippen molar-refractivity contribution in [3.63, 3.8) is 0 Å². The number of methoxy groups -OCH3 is 1. The second-order valence-corrected chi connectivity index (χ2v) is 7.10. The van der Waals surface area contributed by atoms with Crippen LogP contribution in [0.5, 0.6) is 5.75 Å². The number of para-hydroxylation sites is 1. The summed E-state index contributed by atoms with van der Waals surface area (Å²) in [6, 6.07) is 12.9. The summed E-state index contributed by atoms with van der Waals surface area (Å²) >= 11 is 0. The van der Waals surface area contributed by atoms with Crippen molar-refractivity contribution in [1.82, 2.24) is 0 Å². The molecule has 4 nitrogen and oxygen atoms in total. The van der Waals surface area contributed by atoms with Gasteiger partial charge in [-0.25, -0.2) is 0 Å². The molecule has 0 bridgehead atoms. The van der Waals surface area contributed by atoms with Crippen molar-refractivity contribution in [2.75, 3.05) is 12.4 Å². The number of ether oxygens (including phenoxy) is 1. The number of carbonyl (C=O) groups is 2. The van der Waals surface area contributed by atoms with Crippen LogP contribution in [0.15, 0.2) is 42.5 Å². The van der Waals surface area contributed by atoms with E-state index in [1.54, 1.807) is 25.3 Å². The third-order valence-corrected chi connectivity index (χ3v) is 4.05. The average Bonchev–Trinajstić information content (AvgIpc) is 2.54. The van der Waals surface area contributed by atoms with Crippen molar-refractivity contribution in [1.29, 1.82) is 0 Å². The van der Waals surface area contributed by atoms with E-state index in [1.807, 2.05) is 24.3 Å². The molecule has 0 saturated carbocycles. The van der Waals surface area contributed by atoms with Crippen LogP contribution in [0, 0.1) is 0 Å². The number of ketones is 1. The quantitative estimate of drug-likeness (QED) is 0.823. The Hall–Kier alpha value is -2.62. The lowest BCUT2D eigenvalue weighted by molar-refractivity contribution is -0.115. The minimum Gasteiger partial charge on any atom is -0.496 e. The van der Waals surface area contributed by atoms with Crippen molar-refractivity contribution in [3.8, 4) is 5.75 Å². The predicted octanol–water partition coefficient (Wildman–Crippen LogP) is 4.38. The van der Waals surface area contributed by atoms with Crippen LogP contribution >= 0.6 is 0 Å². The molecule has 0 aliphatic heterocycles. The van der Waals surface area contributed by atoms with Gasteiger partial charge in [0.1, 0.15) is 5.75 Å². The van der Waals surface area contributed by atoms with Crippen molar-refractivity contribution in [2.24, 2.45) is 0 Å². The highest BCUT2D eigenvalue weighted by Crippen LogP contribution is 2.29. The van der Waals surface area contributed by atoms with Crippen molar-refractivity contribution >= 4 is 17.4 Å². The van der Waals surface area contributed by atoms with Gasteiger partial charge in [-0.2, -0.15) is 0 Å². The Labute approximate surface area is 149 Å². The van der Waals surface area contributed by atoms with Gasteiger partial charge in [-0.05, 0) is 42.2 Å². The van der Waals surface area contributed by atoms with Gasteiger partial charge in [-0.15, -0.1) is 0 Å². The number of hydrogen-bond acceptors (Lipinski definition) is 3. The summed E-state index contributed by atoms with van der Waals surface area (Å²) in [7, 11) is 1.55. The van der Waals surface area contributed by atoms with Gasteiger partial charge < -0.3 is 10.1 Å². The molecule has 25 heavy (non-hydrogen) atoms. The van der Waals surface area contributed by atoms with E-state index in [0.717, 1.165) is 11.3 Å². The summed E-state index contributed by atoms with van der Waals surface area (Å²) in [5, 5.41) is 2.99. The largest absolute Gasteiger partial charge is 0.496 e. The molecule has 0 aliphatic carbocycles. The van der Waals surface area contributed by atoms with E-state index in [-0.39, 0.29) is 23.5 Å². The minimum atomic E-state index is -0.143. The zero-order valence-corrected chi connectivity index (χ0v) is 15.5. The molecule has 0 saturated heterocycles. The fraction of sp³-hybridized carbons (Fsp3) is 0.333. The molecule has 1 amide bonds. The third kappa shape index (κ3) is 4.69. The average molecular weight is 339 g/mol. The van der Waals surface area contributed by atoms with Crippen LogP contribution in [0.4, 0.5) is 5.69 Å². The fourth-order valence-electron chi connectivity index (χ4n) is 2.75. The van der Waals surface area contributed by atoms with E-state index in [2.05, 4.69) is 26.1 Å². The zero-order valence-electron chi connectivity index (χ0n) is 15.5. The van der Waals surface area contributed by atoms with Gasteiger partial charge in [0.25, 0.3) is 0 Å². The van der Waals surface area contributed by atoms with E-state index in [1.165, 1.54) is 6.92 Å². The summed E-state index contributed by atoms with van der Waals surface area (Å²) in [5.74, 6) is 0.419. The lowest BCUT2D eigenvalue weighted by Gasteiger charge is -2.23. The van der Waals surface area contributed by atoms with Crippen molar-refractivity contribution < 1.29 is 14.3 Å². The molecule has 2 rings (SSSR count). The highest BCUT2D eigenvalue weighted by Gasteiger charge is 2.19. The second-order valence-electron chi connectivity index (χ2n) is 7.10. The molecule has 0 atom stereocenters. The molecular formula is C21H25NO3. The Morgan fingerprint density at radius 3 is 2.36 bits per heavy atom. The SMILES string of the molecule is COc1ccc(C(C)=O)cc1CC(=O)Nc1ccccc1C(C)(C)C. The highest BCUT2D eigenvalue weighted by atomic mass is 16.5. The lowest BCUT2D eigenvalue weighted by atomic mass is 9.86. The van der Waals surface area contributed by atoms with Crippen LogP contribution in [0.2, 0.25) is 0 Å². The minimum absolute atomic E-state index is 0.0395. The first kappa shape index (κ1) is 18.7. The number of nitrogens with one attached hydrogen (secondary N) is 1. The van der Waals surface area contributed by atoms with Crippen LogP contribution in [0.25, 0.3) is 0 Å². The van der Waals surface area contributed by atoms with Crippen LogP contribution in [0.3, 0.4) is 0 Å². The first-order chi connectivity index (χ1) is 11.7. The predicted molar refractivity (Wildman–Crippen MR) is 100 cm³/mol. The molecule has 2 aromatic carbocycles. The molecule has 0 aliphatic rings. The third-order valence-electron chi connectivity index (χ3n) is 4.05. The highest BCUT2D eigenvalue weighted by molar-refractivity contribution is 5.96. The van der Waals surface area contributed by atoms with Crippen LogP contribution in [-0.2, 0) is 16.6 Å². The number of benzene rings is 2. The summed E-state index contributed by atoms with van der Waals surface area (Å²) in [6.45, 7) is 7.83. The Morgan fingerprint density at radius 2 is 1.76 bits per heavy atom. The summed E-state index contributed by atoms with van der Waals surface area (Å²) in [5.41, 5.74) is 3.07. The summed E-state index contributed by atoms with van der Waals surface area (Å²) < 4.78 is 5.32. The maximum absolute atomic E-state index is 12.6. The summed E-state index contributed by atoms with van der Waals surface area (Å²) in [4.78, 5) is 24.1. The first-order valence-corrected chi connectivity index (χ1v) is 8.29. The molecule has 0 aromatic heterocycles. The molecule has 132 valence electrons. The Kier molecular flexibility index (Phi) is 5.62. The van der Waals surface area contributed by atoms with E-state index in [4.69, 9.17) is 4.74 Å². The second kappa shape index (κ2) is 7.51. The standard InChI is InChI=1S/C21H25NO3/c1-14(23)15-10-11-19(25-5)16(12-15)13-20(24)22-18-9-7-6-8-17(18)21(2,3)4/h6-12H,13H2,1-5H3,(H,22,24). The molecule has 0 fully saturated rings. The smallest absolute Gasteiger partial charge is 0.228 e. The maximum atomic E-state index is 12.6. The Bertz CT molecular complexity index is 788. The molecule has 4 heteroatoms. The van der Waals surface area contributed by atoms with Gasteiger partial charge in [0.2, 0.25) is 5.91 Å². The van der Waals surface area contributed by atoms with E-state index in [9.17, 15) is 9.59 Å². The molecule has 0 heterocycles. The topological polar surface area (TPSA) is 55.4 Å². The lowest BCUT2D eigenvalue weighted by Crippen LogP contribution is -2.20.